The summed E-state index contributed by atoms with van der Waals surface area (Å²) in [5, 5.41) is 0. The Hall–Kier alpha value is -1.64. The molecule has 0 N–H and O–H groups in total. The lowest BCUT2D eigenvalue weighted by Gasteiger charge is -2.07. The minimum atomic E-state index is -0.274. The molecule has 0 amide bonds. The summed E-state index contributed by atoms with van der Waals surface area (Å²) in [6.45, 7) is 1.94. The minimum Gasteiger partial charge on any atom is -0.454 e. The third kappa shape index (κ3) is 1.77. The summed E-state index contributed by atoms with van der Waals surface area (Å²) >= 11 is 0. The molecule has 1 aromatic carbocycles. The van der Waals surface area contributed by atoms with E-state index in [1.807, 2.05) is 25.1 Å². The van der Waals surface area contributed by atoms with Gasteiger partial charge < -0.3 is 9.53 Å². The molecule has 1 unspecified atom stereocenters. The second kappa shape index (κ2) is 3.85. The van der Waals surface area contributed by atoms with Crippen LogP contribution < -0.4 is 0 Å². The predicted octanol–water partition coefficient (Wildman–Crippen LogP) is 2.19. The Kier molecular flexibility index (Phi) is 2.54. The van der Waals surface area contributed by atoms with E-state index in [1.165, 1.54) is 0 Å². The molecule has 0 saturated heterocycles. The monoisotopic (exact) mass is 204 g/mol. The number of carbonyl (C=O) groups is 2. The maximum Gasteiger partial charge on any atom is 0.339 e. The highest BCUT2D eigenvalue weighted by Gasteiger charge is 2.30. The maximum atomic E-state index is 11.5. The molecule has 1 atom stereocenters. The Morgan fingerprint density at radius 1 is 1.47 bits per heavy atom. The Morgan fingerprint density at radius 3 is 3.00 bits per heavy atom. The van der Waals surface area contributed by atoms with Gasteiger partial charge in [-0.1, -0.05) is 17.7 Å². The van der Waals surface area contributed by atoms with Gasteiger partial charge in [-0.2, -0.15) is 0 Å². The average Bonchev–Trinajstić information content (AvgIpc) is 2.53. The van der Waals surface area contributed by atoms with E-state index in [1.54, 1.807) is 0 Å². The van der Waals surface area contributed by atoms with Gasteiger partial charge in [0.1, 0.15) is 12.4 Å². The molecule has 1 aliphatic rings. The van der Waals surface area contributed by atoms with Crippen LogP contribution in [0.15, 0.2) is 18.2 Å². The molecule has 0 aliphatic carbocycles. The molecule has 0 saturated carbocycles. The van der Waals surface area contributed by atoms with Gasteiger partial charge in [0.05, 0.1) is 5.56 Å². The second-order valence-corrected chi connectivity index (χ2v) is 3.73. The van der Waals surface area contributed by atoms with Crippen LogP contribution in [0.1, 0.15) is 40.4 Å². The molecule has 3 nitrogen and oxygen atoms in total. The van der Waals surface area contributed by atoms with Crippen LogP contribution in [0.25, 0.3) is 0 Å². The topological polar surface area (TPSA) is 43.4 Å². The highest BCUT2D eigenvalue weighted by Crippen LogP contribution is 2.33. The van der Waals surface area contributed by atoms with Crippen LogP contribution in [-0.4, -0.2) is 12.3 Å². The Bertz CT molecular complexity index is 409. The van der Waals surface area contributed by atoms with Crippen molar-refractivity contribution in [3.05, 3.63) is 34.9 Å². The van der Waals surface area contributed by atoms with Crippen molar-refractivity contribution in [2.75, 3.05) is 0 Å². The molecule has 3 heteroatoms. The molecule has 1 aliphatic heterocycles. The number of fused-ring (bicyclic) bond motifs is 1. The van der Waals surface area contributed by atoms with Gasteiger partial charge in [0.15, 0.2) is 0 Å². The fourth-order valence-electron chi connectivity index (χ4n) is 1.82. The molecular weight excluding hydrogens is 192 g/mol. The number of carbonyl (C=O) groups excluding carboxylic acids is 2. The van der Waals surface area contributed by atoms with E-state index >= 15 is 0 Å². The van der Waals surface area contributed by atoms with Crippen molar-refractivity contribution < 1.29 is 14.3 Å². The van der Waals surface area contributed by atoms with Gasteiger partial charge in [-0.25, -0.2) is 4.79 Å². The minimum absolute atomic E-state index is 0.238. The van der Waals surface area contributed by atoms with Crippen LogP contribution >= 0.6 is 0 Å². The number of ether oxygens (including phenoxy) is 1. The van der Waals surface area contributed by atoms with Gasteiger partial charge in [0.25, 0.3) is 0 Å². The summed E-state index contributed by atoms with van der Waals surface area (Å²) in [7, 11) is 0. The quantitative estimate of drug-likeness (QED) is 0.560. The molecule has 1 heterocycles. The number of hydrogen-bond acceptors (Lipinski definition) is 3. The van der Waals surface area contributed by atoms with Crippen LogP contribution in [0.5, 0.6) is 0 Å². The van der Waals surface area contributed by atoms with E-state index in [2.05, 4.69) is 0 Å². The first-order valence-corrected chi connectivity index (χ1v) is 4.97. The smallest absolute Gasteiger partial charge is 0.339 e. The van der Waals surface area contributed by atoms with Crippen molar-refractivity contribution in [3.8, 4) is 0 Å². The number of benzene rings is 1. The molecule has 0 bridgehead atoms. The van der Waals surface area contributed by atoms with Crippen molar-refractivity contribution in [1.82, 2.24) is 0 Å². The average molecular weight is 204 g/mol. The van der Waals surface area contributed by atoms with E-state index < -0.39 is 0 Å². The number of rotatable bonds is 3. The first-order chi connectivity index (χ1) is 7.22. The number of cyclic esters (lactones) is 1. The van der Waals surface area contributed by atoms with Gasteiger partial charge in [0, 0.05) is 12.0 Å². The van der Waals surface area contributed by atoms with Crippen molar-refractivity contribution in [2.45, 2.75) is 25.9 Å². The van der Waals surface area contributed by atoms with Crippen LogP contribution in [0.4, 0.5) is 0 Å². The maximum absolute atomic E-state index is 11.5. The summed E-state index contributed by atoms with van der Waals surface area (Å²) in [5.74, 6) is -0.274. The molecule has 2 rings (SSSR count). The lowest BCUT2D eigenvalue weighted by molar-refractivity contribution is -0.108. The Balaban J connectivity index is 2.29. The molecule has 78 valence electrons. The van der Waals surface area contributed by atoms with Crippen LogP contribution in [0.3, 0.4) is 0 Å². The van der Waals surface area contributed by atoms with E-state index in [-0.39, 0.29) is 12.1 Å². The number of aryl methyl sites for hydroxylation is 1. The van der Waals surface area contributed by atoms with Crippen molar-refractivity contribution in [1.29, 1.82) is 0 Å². The summed E-state index contributed by atoms with van der Waals surface area (Å²) in [5.41, 5.74) is 2.60. The van der Waals surface area contributed by atoms with Crippen molar-refractivity contribution in [2.24, 2.45) is 0 Å². The van der Waals surface area contributed by atoms with Gasteiger partial charge in [0.2, 0.25) is 0 Å². The molecule has 0 fully saturated rings. The molecular formula is C12H12O3. The van der Waals surface area contributed by atoms with Gasteiger partial charge in [-0.05, 0) is 19.4 Å². The lowest BCUT2D eigenvalue weighted by Crippen LogP contribution is -1.98. The SMILES string of the molecule is Cc1ccc2c(c1)C(=O)OC2CCC=O. The van der Waals surface area contributed by atoms with Crippen LogP contribution in [-0.2, 0) is 9.53 Å². The highest BCUT2D eigenvalue weighted by molar-refractivity contribution is 5.94. The molecule has 0 spiro atoms. The molecule has 0 radical (unpaired) electrons. The van der Waals surface area contributed by atoms with E-state index in [9.17, 15) is 9.59 Å². The number of esters is 1. The summed E-state index contributed by atoms with van der Waals surface area (Å²) in [6.07, 6.45) is 1.61. The summed E-state index contributed by atoms with van der Waals surface area (Å²) in [6, 6.07) is 5.69. The van der Waals surface area contributed by atoms with E-state index in [0.717, 1.165) is 17.4 Å². The van der Waals surface area contributed by atoms with E-state index in [4.69, 9.17) is 4.74 Å². The molecule has 1 aromatic rings. The first-order valence-electron chi connectivity index (χ1n) is 4.97. The van der Waals surface area contributed by atoms with Gasteiger partial charge in [-0.15, -0.1) is 0 Å². The number of aldehydes is 1. The first kappa shape index (κ1) is 9.90. The predicted molar refractivity (Wildman–Crippen MR) is 54.6 cm³/mol. The van der Waals surface area contributed by atoms with Crippen molar-refractivity contribution >= 4 is 12.3 Å². The summed E-state index contributed by atoms with van der Waals surface area (Å²) < 4.78 is 5.19. The van der Waals surface area contributed by atoms with Gasteiger partial charge >= 0.3 is 5.97 Å². The standard InChI is InChI=1S/C12H12O3/c1-8-4-5-9-10(7-8)12(14)15-11(9)3-2-6-13/h4-7,11H,2-3H2,1H3. The third-order valence-corrected chi connectivity index (χ3v) is 2.57. The van der Waals surface area contributed by atoms with Crippen LogP contribution in [0.2, 0.25) is 0 Å². The third-order valence-electron chi connectivity index (χ3n) is 2.57. The largest absolute Gasteiger partial charge is 0.454 e. The molecule has 0 aromatic heterocycles. The van der Waals surface area contributed by atoms with E-state index in [0.29, 0.717) is 18.4 Å². The zero-order valence-electron chi connectivity index (χ0n) is 8.53. The fourth-order valence-corrected chi connectivity index (χ4v) is 1.82. The van der Waals surface area contributed by atoms with Crippen LogP contribution in [0, 0.1) is 6.92 Å². The summed E-state index contributed by atoms with van der Waals surface area (Å²) in [4.78, 5) is 21.7. The second-order valence-electron chi connectivity index (χ2n) is 3.73. The zero-order valence-corrected chi connectivity index (χ0v) is 8.53. The Labute approximate surface area is 88.1 Å². The lowest BCUT2D eigenvalue weighted by atomic mass is 10.0. The highest BCUT2D eigenvalue weighted by atomic mass is 16.5. The zero-order chi connectivity index (χ0) is 10.8. The normalized spacial score (nSPS) is 18.5. The Morgan fingerprint density at radius 2 is 2.27 bits per heavy atom. The molecule has 15 heavy (non-hydrogen) atoms. The van der Waals surface area contributed by atoms with Gasteiger partial charge in [-0.3, -0.25) is 0 Å². The van der Waals surface area contributed by atoms with Crippen molar-refractivity contribution in [3.63, 3.8) is 0 Å². The fraction of sp³-hybridized carbons (Fsp3) is 0.333. The number of hydrogen-bond donors (Lipinski definition) is 0.